The van der Waals surface area contributed by atoms with Crippen LogP contribution in [0.5, 0.6) is 0 Å². The van der Waals surface area contributed by atoms with Gasteiger partial charge in [-0.1, -0.05) is 320 Å². The summed E-state index contributed by atoms with van der Waals surface area (Å²) in [4.78, 5) is 35.4. The Bertz CT molecular complexity index is 2020. The molecular weight excluding hydrogens is 1120 g/mol. The summed E-state index contributed by atoms with van der Waals surface area (Å²) in [5.74, 6) is -0.833. The van der Waals surface area contributed by atoms with E-state index >= 15 is 0 Å². The van der Waals surface area contributed by atoms with Crippen molar-refractivity contribution >= 4 is 19.8 Å². The smallest absolute Gasteiger partial charge is 0.462 e. The molecule has 0 amide bonds. The number of allylic oxidation sites excluding steroid dienone is 26. The van der Waals surface area contributed by atoms with E-state index in [9.17, 15) is 19.0 Å². The first kappa shape index (κ1) is 84.6. The van der Waals surface area contributed by atoms with E-state index in [4.69, 9.17) is 24.3 Å². The van der Waals surface area contributed by atoms with E-state index in [1.165, 1.54) is 128 Å². The number of phosphoric ester groups is 1. The minimum absolute atomic E-state index is 0.0471. The van der Waals surface area contributed by atoms with Crippen LogP contribution in [-0.2, 0) is 32.7 Å². The summed E-state index contributed by atoms with van der Waals surface area (Å²) in [6.07, 6.45) is 106. The van der Waals surface area contributed by atoms with E-state index in [0.29, 0.717) is 6.42 Å². The van der Waals surface area contributed by atoms with Crippen LogP contribution in [0.25, 0.3) is 0 Å². The van der Waals surface area contributed by atoms with Gasteiger partial charge in [-0.3, -0.25) is 18.6 Å². The monoisotopic (exact) mass is 1250 g/mol. The molecule has 0 rings (SSSR count). The molecule has 0 aromatic heterocycles. The van der Waals surface area contributed by atoms with Crippen molar-refractivity contribution in [2.45, 2.75) is 302 Å². The molecule has 0 aliphatic heterocycles. The first-order chi connectivity index (χ1) is 43.8. The van der Waals surface area contributed by atoms with Crippen LogP contribution in [0, 0.1) is 0 Å². The van der Waals surface area contributed by atoms with Crippen molar-refractivity contribution in [3.63, 3.8) is 0 Å². The maximum absolute atomic E-state index is 12.8. The number of hydrogen-bond acceptors (Lipinski definition) is 8. The molecule has 89 heavy (non-hydrogen) atoms. The van der Waals surface area contributed by atoms with E-state index in [0.717, 1.165) is 135 Å². The van der Waals surface area contributed by atoms with Crippen molar-refractivity contribution in [3.05, 3.63) is 158 Å². The summed E-state index contributed by atoms with van der Waals surface area (Å²) in [6, 6.07) is 0. The van der Waals surface area contributed by atoms with Crippen LogP contribution in [-0.4, -0.2) is 49.3 Å². The number of nitrogens with two attached hydrogens (primary N) is 1. The van der Waals surface area contributed by atoms with E-state index in [1.807, 2.05) is 0 Å². The standard InChI is InChI=1S/C79H132NO8P/c1-3-5-7-9-11-13-15-17-19-21-23-25-27-29-31-33-34-35-36-37-38-39-40-41-42-44-46-48-50-52-54-56-58-60-62-64-66-68-70-72-79(82)88-77(76-87-89(83,84)86-74-73-80)75-85-78(81)71-69-67-65-63-61-59-57-55-53-51-49-47-45-43-32-30-28-26-24-22-20-18-16-14-12-10-8-6-4-2/h5-8,11-14,17-20,23-26,29-32,34-35,37-38,45,47,77H,3-4,9-10,15-16,21-22,27-28,33,36,39-44,46,48-76,80H2,1-2H3,(H,83,84)/b7-5-,8-6-,13-11-,14-12-,19-17-,20-18-,25-23-,26-24-,31-29-,32-30-,35-34-,38-37-,47-45-. The zero-order chi connectivity index (χ0) is 64.4. The largest absolute Gasteiger partial charge is 0.472 e. The maximum atomic E-state index is 12.8. The summed E-state index contributed by atoms with van der Waals surface area (Å²) < 4.78 is 33.2. The number of phosphoric acid groups is 1. The number of esters is 2. The van der Waals surface area contributed by atoms with Crippen molar-refractivity contribution in [3.8, 4) is 0 Å². The first-order valence-corrected chi connectivity index (χ1v) is 37.5. The summed E-state index contributed by atoms with van der Waals surface area (Å²) >= 11 is 0. The molecule has 0 saturated heterocycles. The third-order valence-electron chi connectivity index (χ3n) is 14.9. The fourth-order valence-electron chi connectivity index (χ4n) is 9.68. The molecule has 0 aliphatic carbocycles. The normalized spacial score (nSPS) is 13.9. The summed E-state index contributed by atoms with van der Waals surface area (Å²) in [5, 5.41) is 0. The molecule has 2 unspecified atom stereocenters. The lowest BCUT2D eigenvalue weighted by molar-refractivity contribution is -0.161. The van der Waals surface area contributed by atoms with Crippen LogP contribution in [0.4, 0.5) is 0 Å². The Morgan fingerprint density at radius 1 is 0.337 bits per heavy atom. The molecule has 0 aliphatic rings. The summed E-state index contributed by atoms with van der Waals surface area (Å²) in [5.41, 5.74) is 5.40. The second-order valence-electron chi connectivity index (χ2n) is 23.3. The van der Waals surface area contributed by atoms with Gasteiger partial charge in [-0.25, -0.2) is 4.57 Å². The zero-order valence-electron chi connectivity index (χ0n) is 56.9. The SMILES string of the molecule is CC/C=C\C/C=C\C/C=C\C/C=C\C/C=C\C/C=C\C/C=C\CCCCCCCCCCCCCCCCCCCC(=O)OC(COC(=O)CCCCCCCCCCCC/C=C\C/C=C\C/C=C\C/C=C\C/C=C\C/C=C\CC)COP(=O)(O)OCCN. The Morgan fingerprint density at radius 2 is 0.584 bits per heavy atom. The highest BCUT2D eigenvalue weighted by Crippen LogP contribution is 2.43. The minimum Gasteiger partial charge on any atom is -0.462 e. The molecular formula is C79H132NO8P. The quantitative estimate of drug-likeness (QED) is 0.0264. The topological polar surface area (TPSA) is 134 Å². The lowest BCUT2D eigenvalue weighted by atomic mass is 10.0. The van der Waals surface area contributed by atoms with Gasteiger partial charge >= 0.3 is 19.8 Å². The fraction of sp³-hybridized carbons (Fsp3) is 0.646. The first-order valence-electron chi connectivity index (χ1n) is 36.0. The van der Waals surface area contributed by atoms with Gasteiger partial charge in [0.15, 0.2) is 6.10 Å². The lowest BCUT2D eigenvalue weighted by Gasteiger charge is -2.19. The van der Waals surface area contributed by atoms with Gasteiger partial charge < -0.3 is 20.1 Å². The minimum atomic E-state index is -4.40. The Hall–Kier alpha value is -4.37. The lowest BCUT2D eigenvalue weighted by Crippen LogP contribution is -2.29. The molecule has 0 aromatic rings. The van der Waals surface area contributed by atoms with Gasteiger partial charge in [0.2, 0.25) is 0 Å². The third-order valence-corrected chi connectivity index (χ3v) is 15.9. The Morgan fingerprint density at radius 3 is 0.865 bits per heavy atom. The van der Waals surface area contributed by atoms with Gasteiger partial charge in [-0.05, 0) is 122 Å². The van der Waals surface area contributed by atoms with E-state index < -0.39 is 26.5 Å². The van der Waals surface area contributed by atoms with Crippen molar-refractivity contribution < 1.29 is 37.6 Å². The predicted molar refractivity (Wildman–Crippen MR) is 385 cm³/mol. The molecule has 0 bridgehead atoms. The van der Waals surface area contributed by atoms with Gasteiger partial charge in [-0.15, -0.1) is 0 Å². The molecule has 3 N–H and O–H groups in total. The van der Waals surface area contributed by atoms with Crippen LogP contribution in [0.1, 0.15) is 296 Å². The number of ether oxygens (including phenoxy) is 2. The second-order valence-corrected chi connectivity index (χ2v) is 24.8. The summed E-state index contributed by atoms with van der Waals surface area (Å²) in [7, 11) is -4.40. The van der Waals surface area contributed by atoms with Crippen LogP contribution in [0.15, 0.2) is 158 Å². The van der Waals surface area contributed by atoms with E-state index in [2.05, 4.69) is 172 Å². The Balaban J connectivity index is 3.90. The molecule has 9 nitrogen and oxygen atoms in total. The Labute approximate surface area is 547 Å². The van der Waals surface area contributed by atoms with Gasteiger partial charge in [-0.2, -0.15) is 0 Å². The van der Waals surface area contributed by atoms with E-state index in [1.54, 1.807) is 0 Å². The van der Waals surface area contributed by atoms with Crippen LogP contribution >= 0.6 is 7.82 Å². The average molecular weight is 1250 g/mol. The zero-order valence-corrected chi connectivity index (χ0v) is 57.8. The van der Waals surface area contributed by atoms with Crippen molar-refractivity contribution in [1.82, 2.24) is 0 Å². The maximum Gasteiger partial charge on any atom is 0.472 e. The third kappa shape index (κ3) is 72.6. The highest BCUT2D eigenvalue weighted by molar-refractivity contribution is 7.47. The number of rotatable bonds is 66. The van der Waals surface area contributed by atoms with Crippen LogP contribution < -0.4 is 5.73 Å². The Kier molecular flexibility index (Phi) is 69.1. The molecule has 0 saturated carbocycles. The molecule has 0 spiro atoms. The average Bonchev–Trinajstić information content (AvgIpc) is 3.68. The van der Waals surface area contributed by atoms with Crippen molar-refractivity contribution in [2.75, 3.05) is 26.4 Å². The predicted octanol–water partition coefficient (Wildman–Crippen LogP) is 24.0. The van der Waals surface area contributed by atoms with Gasteiger partial charge in [0, 0.05) is 19.4 Å². The number of carbonyl (C=O) groups excluding carboxylic acids is 2. The second kappa shape index (κ2) is 72.7. The van der Waals surface area contributed by atoms with Gasteiger partial charge in [0.05, 0.1) is 13.2 Å². The highest BCUT2D eigenvalue weighted by atomic mass is 31.2. The van der Waals surface area contributed by atoms with Crippen LogP contribution in [0.3, 0.4) is 0 Å². The molecule has 2 atom stereocenters. The number of hydrogen-bond donors (Lipinski definition) is 2. The van der Waals surface area contributed by atoms with E-state index in [-0.39, 0.29) is 38.6 Å². The van der Waals surface area contributed by atoms with Gasteiger partial charge in [0.25, 0.3) is 0 Å². The number of unbranched alkanes of at least 4 members (excludes halogenated alkanes) is 27. The fourth-order valence-corrected chi connectivity index (χ4v) is 10.4. The number of carbonyl (C=O) groups is 2. The summed E-state index contributed by atoms with van der Waals surface area (Å²) in [6.45, 7) is 3.52. The molecule has 506 valence electrons. The van der Waals surface area contributed by atoms with Gasteiger partial charge in [0.1, 0.15) is 6.61 Å². The van der Waals surface area contributed by atoms with Crippen LogP contribution in [0.2, 0.25) is 0 Å². The van der Waals surface area contributed by atoms with Crippen molar-refractivity contribution in [1.29, 1.82) is 0 Å². The molecule has 0 heterocycles. The van der Waals surface area contributed by atoms with Crippen molar-refractivity contribution in [2.24, 2.45) is 5.73 Å². The molecule has 0 radical (unpaired) electrons. The highest BCUT2D eigenvalue weighted by Gasteiger charge is 2.26. The molecule has 10 heteroatoms. The molecule has 0 fully saturated rings. The molecule has 0 aromatic carbocycles.